The molecule has 0 aliphatic carbocycles. The molecule has 0 aromatic heterocycles. The number of aromatic hydroxyl groups is 1. The van der Waals surface area contributed by atoms with Crippen LogP contribution in [0.4, 0.5) is 4.79 Å². The van der Waals surface area contributed by atoms with Crippen molar-refractivity contribution >= 4 is 12.0 Å². The van der Waals surface area contributed by atoms with E-state index in [1.807, 2.05) is 20.8 Å². The third-order valence-electron chi connectivity index (χ3n) is 3.88. The predicted molar refractivity (Wildman–Crippen MR) is 91.2 cm³/mol. The van der Waals surface area contributed by atoms with Crippen LogP contribution in [0, 0.1) is 0 Å². The molecule has 0 fully saturated rings. The summed E-state index contributed by atoms with van der Waals surface area (Å²) in [6, 6.07) is 4.86. The van der Waals surface area contributed by atoms with Crippen LogP contribution in [0.25, 0.3) is 0 Å². The molecule has 6 nitrogen and oxygen atoms in total. The van der Waals surface area contributed by atoms with E-state index in [1.54, 1.807) is 24.1 Å². The van der Waals surface area contributed by atoms with Crippen molar-refractivity contribution in [3.8, 4) is 5.75 Å². The number of ether oxygens (including phenoxy) is 1. The zero-order valence-electron chi connectivity index (χ0n) is 14.8. The van der Waals surface area contributed by atoms with E-state index in [4.69, 9.17) is 4.74 Å². The van der Waals surface area contributed by atoms with Crippen LogP contribution in [-0.4, -0.2) is 59.2 Å². The highest BCUT2D eigenvalue weighted by Crippen LogP contribution is 2.23. The second-order valence-corrected chi connectivity index (χ2v) is 7.14. The van der Waals surface area contributed by atoms with Gasteiger partial charge >= 0.3 is 6.09 Å². The normalized spacial score (nSPS) is 14.3. The maximum atomic E-state index is 12.5. The maximum absolute atomic E-state index is 12.5. The van der Waals surface area contributed by atoms with Gasteiger partial charge in [0.2, 0.25) is 0 Å². The van der Waals surface area contributed by atoms with Crippen LogP contribution in [0.15, 0.2) is 18.2 Å². The van der Waals surface area contributed by atoms with E-state index in [0.717, 1.165) is 12.0 Å². The molecule has 0 atom stereocenters. The summed E-state index contributed by atoms with van der Waals surface area (Å²) < 4.78 is 5.30. The van der Waals surface area contributed by atoms with Crippen molar-refractivity contribution in [2.45, 2.75) is 39.2 Å². The minimum Gasteiger partial charge on any atom is -0.508 e. The lowest BCUT2D eigenvalue weighted by molar-refractivity contribution is 0.0293. The van der Waals surface area contributed by atoms with Gasteiger partial charge in [0.05, 0.1) is 0 Å². The minimum atomic E-state index is -0.510. The van der Waals surface area contributed by atoms with Crippen molar-refractivity contribution in [2.75, 3.05) is 26.7 Å². The summed E-state index contributed by atoms with van der Waals surface area (Å²) in [6.45, 7) is 7.25. The Labute approximate surface area is 143 Å². The Balaban J connectivity index is 1.84. The molecule has 1 aliphatic heterocycles. The van der Waals surface area contributed by atoms with Gasteiger partial charge in [0.15, 0.2) is 0 Å². The maximum Gasteiger partial charge on any atom is 0.410 e. The number of carbonyl (C=O) groups is 2. The molecule has 2 rings (SSSR count). The number of phenols is 1. The van der Waals surface area contributed by atoms with Crippen LogP contribution < -0.4 is 0 Å². The summed E-state index contributed by atoms with van der Waals surface area (Å²) in [5, 5.41) is 9.50. The van der Waals surface area contributed by atoms with Crippen LogP contribution in [0.5, 0.6) is 5.75 Å². The summed E-state index contributed by atoms with van der Waals surface area (Å²) in [5.41, 5.74) is 1.03. The van der Waals surface area contributed by atoms with E-state index in [-0.39, 0.29) is 17.7 Å². The molecule has 132 valence electrons. The lowest BCUT2D eigenvalue weighted by Gasteiger charge is -2.29. The summed E-state index contributed by atoms with van der Waals surface area (Å²) >= 11 is 0. The van der Waals surface area contributed by atoms with Crippen molar-refractivity contribution in [3.63, 3.8) is 0 Å². The van der Waals surface area contributed by atoms with Crippen LogP contribution in [0.1, 0.15) is 43.1 Å². The molecule has 0 unspecified atom stereocenters. The standard InChI is InChI=1S/C18H26N2O4/c1-18(2,3)24-17(23)19(4)9-5-10-20-11-8-13-12-14(21)6-7-15(13)16(20)22/h6-7,12,21H,5,8-11H2,1-4H3. The third-order valence-corrected chi connectivity index (χ3v) is 3.88. The number of rotatable bonds is 4. The van der Waals surface area contributed by atoms with Gasteiger partial charge in [0, 0.05) is 32.2 Å². The highest BCUT2D eigenvalue weighted by molar-refractivity contribution is 5.96. The van der Waals surface area contributed by atoms with Crippen molar-refractivity contribution in [1.29, 1.82) is 0 Å². The van der Waals surface area contributed by atoms with Gasteiger partial charge in [-0.1, -0.05) is 0 Å². The summed E-state index contributed by atoms with van der Waals surface area (Å²) in [5.74, 6) is 0.171. The SMILES string of the molecule is CN(CCCN1CCc2cc(O)ccc2C1=O)C(=O)OC(C)(C)C. The van der Waals surface area contributed by atoms with Gasteiger partial charge in [-0.15, -0.1) is 0 Å². The van der Waals surface area contributed by atoms with E-state index < -0.39 is 5.60 Å². The Hall–Kier alpha value is -2.24. The van der Waals surface area contributed by atoms with Gasteiger partial charge in [-0.2, -0.15) is 0 Å². The number of nitrogens with zero attached hydrogens (tertiary/aromatic N) is 2. The number of phenolic OH excluding ortho intramolecular Hbond substituents is 1. The number of amides is 2. The summed E-state index contributed by atoms with van der Waals surface area (Å²) in [7, 11) is 1.70. The molecule has 2 amide bonds. The Morgan fingerprint density at radius 1 is 1.38 bits per heavy atom. The van der Waals surface area contributed by atoms with Gasteiger partial charge in [0.1, 0.15) is 11.4 Å². The zero-order chi connectivity index (χ0) is 17.9. The molecule has 1 heterocycles. The first-order chi connectivity index (χ1) is 11.2. The lowest BCUT2D eigenvalue weighted by atomic mass is 9.98. The number of hydrogen-bond acceptors (Lipinski definition) is 4. The molecule has 6 heteroatoms. The fourth-order valence-electron chi connectivity index (χ4n) is 2.67. The minimum absolute atomic E-state index is 0.0174. The number of fused-ring (bicyclic) bond motifs is 1. The third kappa shape index (κ3) is 4.63. The average molecular weight is 334 g/mol. The Morgan fingerprint density at radius 2 is 2.08 bits per heavy atom. The Kier molecular flexibility index (Phi) is 5.36. The molecule has 0 radical (unpaired) electrons. The van der Waals surface area contributed by atoms with E-state index in [0.29, 0.717) is 31.6 Å². The monoisotopic (exact) mass is 334 g/mol. The van der Waals surface area contributed by atoms with Crippen molar-refractivity contribution in [1.82, 2.24) is 9.80 Å². The fourth-order valence-corrected chi connectivity index (χ4v) is 2.67. The van der Waals surface area contributed by atoms with Crippen molar-refractivity contribution < 1.29 is 19.4 Å². The number of benzene rings is 1. The molecule has 0 bridgehead atoms. The molecule has 0 saturated heterocycles. The second kappa shape index (κ2) is 7.11. The topological polar surface area (TPSA) is 70.1 Å². The molecule has 0 spiro atoms. The van der Waals surface area contributed by atoms with Crippen LogP contribution >= 0.6 is 0 Å². The summed E-state index contributed by atoms with van der Waals surface area (Å²) in [6.07, 6.45) is 1.07. The Bertz CT molecular complexity index is 622. The number of hydrogen-bond donors (Lipinski definition) is 1. The summed E-state index contributed by atoms with van der Waals surface area (Å²) in [4.78, 5) is 27.7. The molecule has 24 heavy (non-hydrogen) atoms. The zero-order valence-corrected chi connectivity index (χ0v) is 14.8. The largest absolute Gasteiger partial charge is 0.508 e. The molecular weight excluding hydrogens is 308 g/mol. The first-order valence-electron chi connectivity index (χ1n) is 8.22. The molecule has 1 N–H and O–H groups in total. The lowest BCUT2D eigenvalue weighted by Crippen LogP contribution is -2.40. The van der Waals surface area contributed by atoms with Crippen molar-refractivity contribution in [2.24, 2.45) is 0 Å². The Morgan fingerprint density at radius 3 is 2.75 bits per heavy atom. The molecule has 1 aromatic rings. The second-order valence-electron chi connectivity index (χ2n) is 7.14. The predicted octanol–water partition coefficient (Wildman–Crippen LogP) is 2.65. The highest BCUT2D eigenvalue weighted by atomic mass is 16.6. The van der Waals surface area contributed by atoms with Crippen LogP contribution in [-0.2, 0) is 11.2 Å². The van der Waals surface area contributed by atoms with Gasteiger partial charge in [-0.25, -0.2) is 4.79 Å². The smallest absolute Gasteiger partial charge is 0.410 e. The fraction of sp³-hybridized carbons (Fsp3) is 0.556. The molecule has 0 saturated carbocycles. The number of carbonyl (C=O) groups excluding carboxylic acids is 2. The van der Waals surface area contributed by atoms with Gasteiger partial charge in [-0.05, 0) is 57.4 Å². The van der Waals surface area contributed by atoms with Gasteiger partial charge in [0.25, 0.3) is 5.91 Å². The molecule has 1 aromatic carbocycles. The van der Waals surface area contributed by atoms with Crippen LogP contribution in [0.3, 0.4) is 0 Å². The van der Waals surface area contributed by atoms with E-state index in [1.165, 1.54) is 11.0 Å². The molecular formula is C18H26N2O4. The highest BCUT2D eigenvalue weighted by Gasteiger charge is 2.24. The quantitative estimate of drug-likeness (QED) is 0.919. The first-order valence-corrected chi connectivity index (χ1v) is 8.22. The average Bonchev–Trinajstić information content (AvgIpc) is 2.47. The van der Waals surface area contributed by atoms with E-state index in [2.05, 4.69) is 0 Å². The molecule has 1 aliphatic rings. The van der Waals surface area contributed by atoms with E-state index >= 15 is 0 Å². The van der Waals surface area contributed by atoms with E-state index in [9.17, 15) is 14.7 Å². The van der Waals surface area contributed by atoms with Gasteiger partial charge in [-0.3, -0.25) is 4.79 Å². The van der Waals surface area contributed by atoms with Gasteiger partial charge < -0.3 is 19.6 Å². The first kappa shape index (κ1) is 18.1. The van der Waals surface area contributed by atoms with Crippen molar-refractivity contribution in [3.05, 3.63) is 29.3 Å². The van der Waals surface area contributed by atoms with Crippen LogP contribution in [0.2, 0.25) is 0 Å².